The highest BCUT2D eigenvalue weighted by Gasteiger charge is 2.60. The smallest absolute Gasteiger partial charge is 0.246 e. The predicted octanol–water partition coefficient (Wildman–Crippen LogP) is 6.86. The third-order valence-electron chi connectivity index (χ3n) is 10.3. The molecule has 4 aliphatic rings. The lowest BCUT2D eigenvalue weighted by Gasteiger charge is -2.60. The van der Waals surface area contributed by atoms with Gasteiger partial charge in [-0.3, -0.25) is 4.79 Å². The molecule has 5 heteroatoms. The van der Waals surface area contributed by atoms with E-state index in [2.05, 4.69) is 37.5 Å². The lowest BCUT2D eigenvalue weighted by Crippen LogP contribution is -2.59. The van der Waals surface area contributed by atoms with Crippen LogP contribution in [0.5, 0.6) is 0 Å². The molecule has 7 atom stereocenters. The van der Waals surface area contributed by atoms with Gasteiger partial charge in [0.05, 0.1) is 5.69 Å². The second-order valence-corrected chi connectivity index (χ2v) is 12.7. The van der Waals surface area contributed by atoms with Crippen LogP contribution in [0.25, 0.3) is 0 Å². The minimum Gasteiger partial charge on any atom is -0.362 e. The van der Waals surface area contributed by atoms with E-state index in [4.69, 9.17) is 4.98 Å². The van der Waals surface area contributed by atoms with Crippen LogP contribution in [0, 0.1) is 28.6 Å². The van der Waals surface area contributed by atoms with Crippen molar-refractivity contribution in [3.63, 3.8) is 0 Å². The van der Waals surface area contributed by atoms with Crippen LogP contribution in [0.15, 0.2) is 17.5 Å². The lowest BCUT2D eigenvalue weighted by atomic mass is 9.47. The molecule has 182 valence electrons. The third-order valence-corrected chi connectivity index (χ3v) is 11.1. The first kappa shape index (κ1) is 23.4. The van der Waals surface area contributed by atoms with Gasteiger partial charge in [-0.05, 0) is 74.2 Å². The van der Waals surface area contributed by atoms with E-state index in [0.29, 0.717) is 23.3 Å². The molecule has 4 nitrogen and oxygen atoms in total. The normalized spacial score (nSPS) is 39.8. The zero-order chi connectivity index (χ0) is 23.2. The number of hydrogen-bond acceptors (Lipinski definition) is 4. The lowest BCUT2D eigenvalue weighted by molar-refractivity contribution is -0.138. The van der Waals surface area contributed by atoms with Gasteiger partial charge in [0.1, 0.15) is 0 Å². The van der Waals surface area contributed by atoms with Crippen LogP contribution in [0.2, 0.25) is 0 Å². The molecule has 2 unspecified atom stereocenters. The number of anilines is 1. The molecule has 3 saturated carbocycles. The molecule has 1 N–H and O–H groups in total. The molecule has 1 aromatic rings. The minimum absolute atomic E-state index is 0.139. The van der Waals surface area contributed by atoms with Gasteiger partial charge in [-0.2, -0.15) is 0 Å². The average Bonchev–Trinajstić information content (AvgIpc) is 3.40. The molecule has 1 amide bonds. The highest BCUT2D eigenvalue weighted by Crippen LogP contribution is 2.67. The van der Waals surface area contributed by atoms with E-state index in [-0.39, 0.29) is 11.3 Å². The van der Waals surface area contributed by atoms with E-state index in [9.17, 15) is 4.79 Å². The van der Waals surface area contributed by atoms with Crippen LogP contribution in [0.4, 0.5) is 5.13 Å². The van der Waals surface area contributed by atoms with Crippen LogP contribution in [0.3, 0.4) is 0 Å². The van der Waals surface area contributed by atoms with Gasteiger partial charge in [-0.15, -0.1) is 11.3 Å². The van der Waals surface area contributed by atoms with Crippen molar-refractivity contribution in [2.45, 2.75) is 96.9 Å². The molecule has 0 aromatic carbocycles. The first-order chi connectivity index (χ1) is 15.9. The van der Waals surface area contributed by atoms with Crippen LogP contribution in [0.1, 0.15) is 96.6 Å². The Morgan fingerprint density at radius 3 is 2.79 bits per heavy atom. The second kappa shape index (κ2) is 9.02. The molecule has 0 radical (unpaired) electrons. The molecule has 1 aliphatic heterocycles. The number of amides is 1. The Morgan fingerprint density at radius 1 is 1.12 bits per heavy atom. The van der Waals surface area contributed by atoms with Gasteiger partial charge < -0.3 is 10.2 Å². The number of likely N-dealkylation sites (N-methyl/N-ethyl adjacent to an activating group) is 1. The summed E-state index contributed by atoms with van der Waals surface area (Å²) >= 11 is 1.81. The zero-order valence-corrected chi connectivity index (χ0v) is 21.9. The SMILES string of the molecule is CCCCCCNc1nc(C2CC[C@H]3[C@@H]4CCC5N(C)C(=O)C=C[C@]5(C)[C@@H]4CC[C@]23C)cs1. The van der Waals surface area contributed by atoms with Gasteiger partial charge in [0.15, 0.2) is 5.13 Å². The zero-order valence-electron chi connectivity index (χ0n) is 21.1. The van der Waals surface area contributed by atoms with Crippen molar-refractivity contribution in [3.05, 3.63) is 23.2 Å². The summed E-state index contributed by atoms with van der Waals surface area (Å²) in [7, 11) is 2.02. The second-order valence-electron chi connectivity index (χ2n) is 11.9. The summed E-state index contributed by atoms with van der Waals surface area (Å²) in [4.78, 5) is 19.5. The Morgan fingerprint density at radius 2 is 1.97 bits per heavy atom. The van der Waals surface area contributed by atoms with E-state index in [0.717, 1.165) is 29.9 Å². The van der Waals surface area contributed by atoms with Crippen molar-refractivity contribution >= 4 is 22.4 Å². The maximum atomic E-state index is 12.3. The molecule has 0 bridgehead atoms. The van der Waals surface area contributed by atoms with Crippen molar-refractivity contribution in [1.29, 1.82) is 0 Å². The monoisotopic (exact) mass is 469 g/mol. The molecule has 0 saturated heterocycles. The Balaban J connectivity index is 1.29. The number of carbonyl (C=O) groups is 1. The number of unbranched alkanes of at least 4 members (excludes halogenated alkanes) is 3. The van der Waals surface area contributed by atoms with E-state index in [1.165, 1.54) is 63.5 Å². The standard InChI is InChI=1S/C28H43N3OS/c1-5-6-7-8-17-29-26-30-23(18-33-26)22-11-10-20-19-9-12-24-28(3,16-14-25(32)31(24)4)21(19)13-15-27(20,22)2/h14,16,18-22,24H,5-13,15,17H2,1-4H3,(H,29,30)/t19-,20-,21+,22?,24?,27-,28+/m0/s1. The Hall–Kier alpha value is -1.36. The van der Waals surface area contributed by atoms with Crippen molar-refractivity contribution < 1.29 is 4.79 Å². The summed E-state index contributed by atoms with van der Waals surface area (Å²) in [5, 5.41) is 7.06. The summed E-state index contributed by atoms with van der Waals surface area (Å²) in [5.74, 6) is 3.08. The average molecular weight is 470 g/mol. The number of nitrogens with one attached hydrogen (secondary N) is 1. The number of aromatic nitrogens is 1. The number of rotatable bonds is 7. The third kappa shape index (κ3) is 3.86. The van der Waals surface area contributed by atoms with Crippen LogP contribution in [-0.4, -0.2) is 35.4 Å². The summed E-state index contributed by atoms with van der Waals surface area (Å²) in [6.07, 6.45) is 17.0. The molecule has 5 rings (SSSR count). The molecular weight excluding hydrogens is 426 g/mol. The van der Waals surface area contributed by atoms with Crippen molar-refractivity contribution in [2.75, 3.05) is 18.9 Å². The van der Waals surface area contributed by atoms with Gasteiger partial charge in [0.2, 0.25) is 5.91 Å². The van der Waals surface area contributed by atoms with Crippen LogP contribution < -0.4 is 5.32 Å². The number of thiazole rings is 1. The Bertz CT molecular complexity index is 895. The number of hydrogen-bond donors (Lipinski definition) is 1. The van der Waals surface area contributed by atoms with Crippen molar-refractivity contribution in [1.82, 2.24) is 9.88 Å². The minimum atomic E-state index is 0.139. The highest BCUT2D eigenvalue weighted by molar-refractivity contribution is 7.13. The van der Waals surface area contributed by atoms with Gasteiger partial charge in [0, 0.05) is 36.3 Å². The molecule has 2 heterocycles. The van der Waals surface area contributed by atoms with E-state index in [1.807, 2.05) is 18.0 Å². The predicted molar refractivity (Wildman–Crippen MR) is 138 cm³/mol. The van der Waals surface area contributed by atoms with Gasteiger partial charge in [-0.1, -0.05) is 46.1 Å². The Kier molecular flexibility index (Phi) is 6.39. The molecule has 3 aliphatic carbocycles. The fourth-order valence-electron chi connectivity index (χ4n) is 8.50. The largest absolute Gasteiger partial charge is 0.362 e. The summed E-state index contributed by atoms with van der Waals surface area (Å²) in [6, 6.07) is 0.377. The summed E-state index contributed by atoms with van der Waals surface area (Å²) in [5.41, 5.74) is 1.86. The van der Waals surface area contributed by atoms with E-state index >= 15 is 0 Å². The van der Waals surface area contributed by atoms with E-state index < -0.39 is 0 Å². The van der Waals surface area contributed by atoms with Crippen LogP contribution in [-0.2, 0) is 4.79 Å². The van der Waals surface area contributed by atoms with Gasteiger partial charge >= 0.3 is 0 Å². The summed E-state index contributed by atoms with van der Waals surface area (Å²) in [6.45, 7) is 8.34. The topological polar surface area (TPSA) is 45.2 Å². The molecule has 3 fully saturated rings. The van der Waals surface area contributed by atoms with Crippen molar-refractivity contribution in [2.24, 2.45) is 28.6 Å². The first-order valence-corrected chi connectivity index (χ1v) is 14.4. The van der Waals surface area contributed by atoms with E-state index in [1.54, 1.807) is 11.3 Å². The fourth-order valence-corrected chi connectivity index (χ4v) is 9.29. The van der Waals surface area contributed by atoms with Gasteiger partial charge in [-0.25, -0.2) is 4.98 Å². The fraction of sp³-hybridized carbons (Fsp3) is 0.786. The quantitative estimate of drug-likeness (QED) is 0.444. The summed E-state index contributed by atoms with van der Waals surface area (Å²) < 4.78 is 0. The molecular formula is C28H43N3OS. The molecule has 33 heavy (non-hydrogen) atoms. The maximum absolute atomic E-state index is 12.3. The molecule has 1 aromatic heterocycles. The maximum Gasteiger partial charge on any atom is 0.246 e. The number of fused-ring (bicyclic) bond motifs is 5. The number of nitrogens with zero attached hydrogens (tertiary/aromatic N) is 2. The van der Waals surface area contributed by atoms with Crippen LogP contribution >= 0.6 is 11.3 Å². The molecule has 0 spiro atoms. The van der Waals surface area contributed by atoms with Crippen molar-refractivity contribution in [3.8, 4) is 0 Å². The first-order valence-electron chi connectivity index (χ1n) is 13.5. The Labute approximate surface area is 204 Å². The number of carbonyl (C=O) groups excluding carboxylic acids is 1. The van der Waals surface area contributed by atoms with Gasteiger partial charge in [0.25, 0.3) is 0 Å². The highest BCUT2D eigenvalue weighted by atomic mass is 32.1.